The summed E-state index contributed by atoms with van der Waals surface area (Å²) < 4.78 is 11.7. The molecule has 7 nitrogen and oxygen atoms in total. The summed E-state index contributed by atoms with van der Waals surface area (Å²) in [6, 6.07) is 14.5. The normalized spacial score (nSPS) is 10.6. The van der Waals surface area contributed by atoms with Gasteiger partial charge in [0.05, 0.1) is 0 Å². The van der Waals surface area contributed by atoms with E-state index in [4.69, 9.17) is 21.1 Å². The maximum atomic E-state index is 12.7. The molecule has 0 spiro atoms. The molecule has 3 aromatic rings. The van der Waals surface area contributed by atoms with Gasteiger partial charge in [0.2, 0.25) is 0 Å². The van der Waals surface area contributed by atoms with Crippen LogP contribution in [0.15, 0.2) is 54.7 Å². The third-order valence-electron chi connectivity index (χ3n) is 5.38. The van der Waals surface area contributed by atoms with Gasteiger partial charge < -0.3 is 20.1 Å². The van der Waals surface area contributed by atoms with E-state index in [1.54, 1.807) is 25.2 Å². The summed E-state index contributed by atoms with van der Waals surface area (Å²) in [6.45, 7) is 3.12. The summed E-state index contributed by atoms with van der Waals surface area (Å²) in [5.74, 6) is 1.66. The van der Waals surface area contributed by atoms with E-state index in [1.165, 1.54) is 6.20 Å². The van der Waals surface area contributed by atoms with Crippen molar-refractivity contribution < 1.29 is 19.1 Å². The first-order chi connectivity index (χ1) is 16.9. The molecular formula is C27H30ClN3O4. The zero-order valence-electron chi connectivity index (χ0n) is 20.2. The van der Waals surface area contributed by atoms with Crippen molar-refractivity contribution in [2.75, 3.05) is 27.2 Å². The van der Waals surface area contributed by atoms with Crippen LogP contribution in [0.3, 0.4) is 0 Å². The number of carbonyl (C=O) groups is 2. The minimum atomic E-state index is -0.277. The quantitative estimate of drug-likeness (QED) is 0.359. The van der Waals surface area contributed by atoms with Crippen molar-refractivity contribution in [3.63, 3.8) is 0 Å². The zero-order valence-corrected chi connectivity index (χ0v) is 20.9. The van der Waals surface area contributed by atoms with Crippen molar-refractivity contribution in [2.24, 2.45) is 0 Å². The minimum Gasteiger partial charge on any atom is -0.492 e. The van der Waals surface area contributed by atoms with E-state index in [-0.39, 0.29) is 17.4 Å². The summed E-state index contributed by atoms with van der Waals surface area (Å²) in [5, 5.41) is 6.20. The number of aryl methyl sites for hydroxylation is 2. The Bertz CT molecular complexity index is 1170. The molecule has 8 heteroatoms. The lowest BCUT2D eigenvalue weighted by Gasteiger charge is -2.13. The molecule has 1 heterocycles. The lowest BCUT2D eigenvalue weighted by atomic mass is 10.0. The Morgan fingerprint density at radius 1 is 1.03 bits per heavy atom. The number of Topliss-reactive ketones (excluding diaryl/α,β-unsaturated/α-hetero) is 1. The Morgan fingerprint density at radius 2 is 1.80 bits per heavy atom. The Kier molecular flexibility index (Phi) is 9.64. The number of likely N-dealkylation sites (N-methyl/N-ethyl adjacent to an activating group) is 1. The highest BCUT2D eigenvalue weighted by Crippen LogP contribution is 2.28. The van der Waals surface area contributed by atoms with Gasteiger partial charge in [-0.2, -0.15) is 0 Å². The second-order valence-corrected chi connectivity index (χ2v) is 8.49. The van der Waals surface area contributed by atoms with Crippen LogP contribution in [-0.2, 0) is 17.6 Å². The number of hydrogen-bond acceptors (Lipinski definition) is 6. The summed E-state index contributed by atoms with van der Waals surface area (Å²) in [6.07, 6.45) is 2.86. The van der Waals surface area contributed by atoms with Gasteiger partial charge in [0.1, 0.15) is 35.3 Å². The Labute approximate surface area is 210 Å². The maximum absolute atomic E-state index is 12.7. The molecule has 2 N–H and O–H groups in total. The molecule has 0 unspecified atom stereocenters. The molecule has 0 saturated carbocycles. The second kappa shape index (κ2) is 12.9. The molecule has 0 aliphatic carbocycles. The monoisotopic (exact) mass is 495 g/mol. The summed E-state index contributed by atoms with van der Waals surface area (Å²) >= 11 is 6.26. The van der Waals surface area contributed by atoms with Gasteiger partial charge in [-0.15, -0.1) is 0 Å². The number of amides is 1. The number of pyridine rings is 1. The molecule has 0 atom stereocenters. The maximum Gasteiger partial charge on any atom is 0.269 e. The van der Waals surface area contributed by atoms with Crippen LogP contribution >= 0.6 is 11.6 Å². The van der Waals surface area contributed by atoms with Crippen molar-refractivity contribution in [1.29, 1.82) is 0 Å². The van der Waals surface area contributed by atoms with E-state index < -0.39 is 0 Å². The molecule has 0 fully saturated rings. The van der Waals surface area contributed by atoms with Crippen molar-refractivity contribution in [3.05, 3.63) is 82.1 Å². The third-order valence-corrected chi connectivity index (χ3v) is 5.79. The number of carbonyl (C=O) groups excluding carboxylic acids is 2. The summed E-state index contributed by atoms with van der Waals surface area (Å²) in [7, 11) is 3.41. The van der Waals surface area contributed by atoms with Gasteiger partial charge in [0.15, 0.2) is 0 Å². The van der Waals surface area contributed by atoms with Gasteiger partial charge >= 0.3 is 0 Å². The van der Waals surface area contributed by atoms with Gasteiger partial charge in [-0.25, -0.2) is 0 Å². The predicted molar refractivity (Wildman–Crippen MR) is 137 cm³/mol. The number of nitrogens with zero attached hydrogens (tertiary/aromatic N) is 1. The molecule has 3 rings (SSSR count). The lowest BCUT2D eigenvalue weighted by Crippen LogP contribution is -2.18. The van der Waals surface area contributed by atoms with Crippen molar-refractivity contribution >= 4 is 23.3 Å². The molecule has 0 radical (unpaired) electrons. The number of ether oxygens (including phenoxy) is 2. The summed E-state index contributed by atoms with van der Waals surface area (Å²) in [5.41, 5.74) is 3.09. The number of aromatic nitrogens is 1. The molecule has 0 aliphatic heterocycles. The second-order valence-electron chi connectivity index (χ2n) is 8.08. The highest BCUT2D eigenvalue weighted by atomic mass is 35.5. The summed E-state index contributed by atoms with van der Waals surface area (Å²) in [4.78, 5) is 28.5. The fourth-order valence-corrected chi connectivity index (χ4v) is 3.58. The standard InChI is InChI=1S/C27H30ClN3O4/c1-18-14-20(26(17-24(18)28)34-13-12-29-2)15-21(32)7-4-19-5-8-22(9-6-19)35-23-10-11-31-25(16-23)27(33)30-3/h5-6,8-11,14,16-17,29H,4,7,12-13,15H2,1-3H3,(H,30,33). The van der Waals surface area contributed by atoms with Crippen LogP contribution in [0, 0.1) is 6.92 Å². The molecule has 35 heavy (non-hydrogen) atoms. The van der Waals surface area contributed by atoms with Crippen LogP contribution < -0.4 is 20.1 Å². The van der Waals surface area contributed by atoms with E-state index >= 15 is 0 Å². The van der Waals surface area contributed by atoms with Crippen molar-refractivity contribution in [1.82, 2.24) is 15.6 Å². The fourth-order valence-electron chi connectivity index (χ4n) is 3.43. The number of ketones is 1. The molecule has 0 bridgehead atoms. The van der Waals surface area contributed by atoms with Crippen LogP contribution in [0.2, 0.25) is 5.02 Å². The van der Waals surface area contributed by atoms with Gasteiger partial charge in [-0.3, -0.25) is 14.6 Å². The molecule has 1 amide bonds. The Hall–Kier alpha value is -3.42. The molecule has 1 aromatic heterocycles. The first-order valence-corrected chi connectivity index (χ1v) is 11.8. The molecule has 0 saturated heterocycles. The van der Waals surface area contributed by atoms with Crippen molar-refractivity contribution in [3.8, 4) is 17.2 Å². The van der Waals surface area contributed by atoms with E-state index in [1.807, 2.05) is 44.3 Å². The average Bonchev–Trinajstić information content (AvgIpc) is 2.86. The largest absolute Gasteiger partial charge is 0.492 e. The van der Waals surface area contributed by atoms with E-state index in [0.29, 0.717) is 54.7 Å². The van der Waals surface area contributed by atoms with Gasteiger partial charge in [0, 0.05) is 49.3 Å². The van der Waals surface area contributed by atoms with E-state index in [9.17, 15) is 9.59 Å². The van der Waals surface area contributed by atoms with Gasteiger partial charge in [0.25, 0.3) is 5.91 Å². The number of benzene rings is 2. The van der Waals surface area contributed by atoms with Crippen LogP contribution in [0.25, 0.3) is 0 Å². The molecule has 0 aliphatic rings. The van der Waals surface area contributed by atoms with Crippen LogP contribution in [0.4, 0.5) is 0 Å². The molecule has 184 valence electrons. The predicted octanol–water partition coefficient (Wildman–Crippen LogP) is 4.54. The zero-order chi connectivity index (χ0) is 25.2. The highest BCUT2D eigenvalue weighted by molar-refractivity contribution is 6.31. The number of rotatable bonds is 12. The molecular weight excluding hydrogens is 466 g/mol. The van der Waals surface area contributed by atoms with E-state index in [2.05, 4.69) is 15.6 Å². The number of halogens is 1. The first-order valence-electron chi connectivity index (χ1n) is 11.4. The third kappa shape index (κ3) is 7.80. The van der Waals surface area contributed by atoms with Crippen LogP contribution in [0.1, 0.15) is 33.6 Å². The van der Waals surface area contributed by atoms with Gasteiger partial charge in [-0.1, -0.05) is 29.8 Å². The minimum absolute atomic E-state index is 0.129. The Morgan fingerprint density at radius 3 is 2.51 bits per heavy atom. The fraction of sp³-hybridized carbons (Fsp3) is 0.296. The van der Waals surface area contributed by atoms with Crippen LogP contribution in [-0.4, -0.2) is 43.9 Å². The lowest BCUT2D eigenvalue weighted by molar-refractivity contribution is -0.118. The van der Waals surface area contributed by atoms with Gasteiger partial charge in [-0.05, 0) is 55.8 Å². The number of hydrogen-bond donors (Lipinski definition) is 2. The highest BCUT2D eigenvalue weighted by Gasteiger charge is 2.13. The SMILES string of the molecule is CNCCOc1cc(Cl)c(C)cc1CC(=O)CCc1ccc(Oc2ccnc(C(=O)NC)c2)cc1. The van der Waals surface area contributed by atoms with Crippen LogP contribution in [0.5, 0.6) is 17.2 Å². The smallest absolute Gasteiger partial charge is 0.269 e. The van der Waals surface area contributed by atoms with Crippen molar-refractivity contribution in [2.45, 2.75) is 26.2 Å². The molecule has 2 aromatic carbocycles. The number of nitrogens with one attached hydrogen (secondary N) is 2. The first kappa shape index (κ1) is 26.2. The van der Waals surface area contributed by atoms with E-state index in [0.717, 1.165) is 16.7 Å². The Balaban J connectivity index is 1.56. The topological polar surface area (TPSA) is 89.6 Å². The average molecular weight is 496 g/mol.